The lowest BCUT2D eigenvalue weighted by Crippen LogP contribution is -1.99. The molecule has 0 N–H and O–H groups in total. The number of benzene rings is 7. The lowest BCUT2D eigenvalue weighted by atomic mass is 9.78. The van der Waals surface area contributed by atoms with Crippen LogP contribution in [0.25, 0.3) is 122 Å². The molecule has 12 rings (SSSR count). The van der Waals surface area contributed by atoms with Gasteiger partial charge in [-0.15, -0.1) is 0 Å². The van der Waals surface area contributed by atoms with E-state index in [4.69, 9.17) is 8.83 Å². The predicted molar refractivity (Wildman–Crippen MR) is 228 cm³/mol. The van der Waals surface area contributed by atoms with Gasteiger partial charge in [0.25, 0.3) is 0 Å². The fourth-order valence-corrected chi connectivity index (χ4v) is 8.87. The molecule has 56 heavy (non-hydrogen) atoms. The number of rotatable bonds is 3. The fourth-order valence-electron chi connectivity index (χ4n) is 8.87. The van der Waals surface area contributed by atoms with Crippen LogP contribution >= 0.6 is 0 Å². The molecule has 260 valence electrons. The van der Waals surface area contributed by atoms with Crippen LogP contribution in [0.4, 0.5) is 0 Å². The number of furan rings is 2. The molecule has 4 heteroatoms. The van der Waals surface area contributed by atoms with E-state index in [1.807, 2.05) is 24.5 Å². The van der Waals surface area contributed by atoms with Gasteiger partial charge in [0.05, 0.1) is 0 Å². The Morgan fingerprint density at radius 2 is 0.696 bits per heavy atom. The van der Waals surface area contributed by atoms with Crippen molar-refractivity contribution in [3.8, 4) is 77.9 Å². The highest BCUT2D eigenvalue weighted by atomic mass is 16.3. The van der Waals surface area contributed by atoms with E-state index < -0.39 is 0 Å². The van der Waals surface area contributed by atoms with Crippen molar-refractivity contribution < 1.29 is 8.83 Å². The van der Waals surface area contributed by atoms with Crippen LogP contribution in [0.5, 0.6) is 0 Å². The lowest BCUT2D eigenvalue weighted by molar-refractivity contribution is 0.668. The molecule has 1 aliphatic rings. The second kappa shape index (κ2) is 12.0. The Bertz CT molecular complexity index is 3250. The maximum Gasteiger partial charge on any atom is 0.138 e. The van der Waals surface area contributed by atoms with Gasteiger partial charge in [0.2, 0.25) is 0 Å². The molecule has 0 aliphatic heterocycles. The summed E-state index contributed by atoms with van der Waals surface area (Å²) in [7, 11) is 0. The molecule has 4 aromatic heterocycles. The van der Waals surface area contributed by atoms with Crippen LogP contribution in [0, 0.1) is 0 Å². The first kappa shape index (κ1) is 30.9. The van der Waals surface area contributed by atoms with Gasteiger partial charge in [-0.05, 0) is 132 Å². The summed E-state index contributed by atoms with van der Waals surface area (Å²) < 4.78 is 12.4. The average Bonchev–Trinajstić information content (AvgIpc) is 3.83. The number of fused-ring (bicyclic) bond motifs is 14. The van der Waals surface area contributed by atoms with Crippen molar-refractivity contribution in [2.45, 2.75) is 0 Å². The smallest absolute Gasteiger partial charge is 0.138 e. The van der Waals surface area contributed by atoms with Gasteiger partial charge < -0.3 is 8.83 Å². The number of pyridine rings is 2. The Morgan fingerprint density at radius 1 is 0.286 bits per heavy atom. The Labute approximate surface area is 322 Å². The monoisotopic (exact) mass is 714 g/mol. The molecule has 0 spiro atoms. The van der Waals surface area contributed by atoms with Crippen molar-refractivity contribution in [2.75, 3.05) is 0 Å². The maximum atomic E-state index is 6.22. The first-order valence-corrected chi connectivity index (χ1v) is 18.9. The van der Waals surface area contributed by atoms with Crippen molar-refractivity contribution in [3.63, 3.8) is 0 Å². The summed E-state index contributed by atoms with van der Waals surface area (Å²) in [4.78, 5) is 8.84. The van der Waals surface area contributed by atoms with Crippen LogP contribution in [-0.4, -0.2) is 9.97 Å². The highest BCUT2D eigenvalue weighted by Crippen LogP contribution is 2.51. The number of aromatic nitrogens is 2. The molecule has 4 nitrogen and oxygen atoms in total. The van der Waals surface area contributed by atoms with Gasteiger partial charge in [0.15, 0.2) is 0 Å². The highest BCUT2D eigenvalue weighted by molar-refractivity contribution is 6.09. The zero-order valence-corrected chi connectivity index (χ0v) is 30.0. The SMILES string of the molecule is c1ccc2c(c1)-c1ccccc1-c1cccc(-c3cc(-c4ccc5oc6ccncc6c5c4)cc(-c4ccc5oc6ccncc6c5c4)c3)c1-c1ccccc1-2. The Balaban J connectivity index is 1.15. The first-order chi connectivity index (χ1) is 27.7. The molecular weight excluding hydrogens is 685 g/mol. The number of nitrogens with zero attached hydrogens (tertiary/aromatic N) is 2. The van der Waals surface area contributed by atoms with E-state index in [2.05, 4.69) is 156 Å². The minimum Gasteiger partial charge on any atom is -0.456 e. The van der Waals surface area contributed by atoms with Crippen molar-refractivity contribution in [3.05, 3.63) is 183 Å². The van der Waals surface area contributed by atoms with Crippen LogP contribution in [0.1, 0.15) is 0 Å². The number of hydrogen-bond acceptors (Lipinski definition) is 4. The summed E-state index contributed by atoms with van der Waals surface area (Å²) in [5.41, 5.74) is 19.9. The predicted octanol–water partition coefficient (Wildman–Crippen LogP) is 14.3. The Kier molecular flexibility index (Phi) is 6.60. The molecule has 0 bridgehead atoms. The highest BCUT2D eigenvalue weighted by Gasteiger charge is 2.24. The zero-order valence-electron chi connectivity index (χ0n) is 30.0. The van der Waals surface area contributed by atoms with Crippen LogP contribution in [0.15, 0.2) is 191 Å². The minimum atomic E-state index is 0.833. The van der Waals surface area contributed by atoms with Gasteiger partial charge in [-0.1, -0.05) is 103 Å². The van der Waals surface area contributed by atoms with Gasteiger partial charge in [0.1, 0.15) is 22.3 Å². The molecule has 0 unspecified atom stereocenters. The molecule has 11 aromatic rings. The van der Waals surface area contributed by atoms with Crippen molar-refractivity contribution in [2.24, 2.45) is 0 Å². The third-order valence-corrected chi connectivity index (χ3v) is 11.4. The van der Waals surface area contributed by atoms with Gasteiger partial charge >= 0.3 is 0 Å². The van der Waals surface area contributed by atoms with Gasteiger partial charge in [-0.3, -0.25) is 9.97 Å². The molecule has 0 radical (unpaired) electrons. The lowest BCUT2D eigenvalue weighted by Gasteiger charge is -2.25. The summed E-state index contributed by atoms with van der Waals surface area (Å²) in [6.07, 6.45) is 7.33. The zero-order chi connectivity index (χ0) is 36.7. The second-order valence-electron chi connectivity index (χ2n) is 14.5. The summed E-state index contributed by atoms with van der Waals surface area (Å²) in [5.74, 6) is 0. The van der Waals surface area contributed by atoms with E-state index in [0.717, 1.165) is 71.7 Å². The summed E-state index contributed by atoms with van der Waals surface area (Å²) in [6, 6.07) is 57.1. The van der Waals surface area contributed by atoms with E-state index in [0.29, 0.717) is 0 Å². The maximum absolute atomic E-state index is 6.22. The summed E-state index contributed by atoms with van der Waals surface area (Å²) in [6.45, 7) is 0. The third-order valence-electron chi connectivity index (χ3n) is 11.4. The largest absolute Gasteiger partial charge is 0.456 e. The van der Waals surface area contributed by atoms with E-state index in [1.165, 1.54) is 50.1 Å². The number of hydrogen-bond donors (Lipinski definition) is 0. The minimum absolute atomic E-state index is 0.833. The quantitative estimate of drug-likeness (QED) is 0.183. The van der Waals surface area contributed by atoms with E-state index in [9.17, 15) is 0 Å². The molecule has 1 aliphatic carbocycles. The average molecular weight is 715 g/mol. The molecule has 0 amide bonds. The first-order valence-electron chi connectivity index (χ1n) is 18.9. The molecule has 4 heterocycles. The van der Waals surface area contributed by atoms with E-state index >= 15 is 0 Å². The molecule has 0 fully saturated rings. The topological polar surface area (TPSA) is 52.1 Å². The van der Waals surface area contributed by atoms with Crippen molar-refractivity contribution in [1.82, 2.24) is 9.97 Å². The van der Waals surface area contributed by atoms with E-state index in [-0.39, 0.29) is 0 Å². The Morgan fingerprint density at radius 3 is 1.23 bits per heavy atom. The van der Waals surface area contributed by atoms with Crippen LogP contribution in [0.3, 0.4) is 0 Å². The molecule has 0 saturated carbocycles. The molecular formula is C52H30N2O2. The van der Waals surface area contributed by atoms with Gasteiger partial charge in [-0.25, -0.2) is 0 Å². The van der Waals surface area contributed by atoms with Crippen LogP contribution in [-0.2, 0) is 0 Å². The van der Waals surface area contributed by atoms with Crippen molar-refractivity contribution >= 4 is 43.9 Å². The molecule has 0 saturated heterocycles. The van der Waals surface area contributed by atoms with Crippen LogP contribution < -0.4 is 0 Å². The van der Waals surface area contributed by atoms with Crippen LogP contribution in [0.2, 0.25) is 0 Å². The second-order valence-corrected chi connectivity index (χ2v) is 14.5. The molecule has 0 atom stereocenters. The van der Waals surface area contributed by atoms with Crippen molar-refractivity contribution in [1.29, 1.82) is 0 Å². The van der Waals surface area contributed by atoms with E-state index in [1.54, 1.807) is 12.4 Å². The summed E-state index contributed by atoms with van der Waals surface area (Å²) >= 11 is 0. The summed E-state index contributed by atoms with van der Waals surface area (Å²) in [5, 5.41) is 4.11. The van der Waals surface area contributed by atoms with Gasteiger partial charge in [0, 0.05) is 46.3 Å². The van der Waals surface area contributed by atoms with Gasteiger partial charge in [-0.2, -0.15) is 0 Å². The standard InChI is InChI=1S/C52H30N2O2/c1-2-9-38-37(8-1)39-10-3-4-11-41(39)43-15-7-14-36(52(43)42-13-6-5-12-40(38)42)35-25-33(31-16-18-48-44(27-31)46-29-53-22-20-50(46)55-48)24-34(26-35)32-17-19-49-45(28-32)47-30-54-23-21-51(47)56-49/h1-30H. The third kappa shape index (κ3) is 4.66. The normalized spacial score (nSPS) is 11.9. The molecule has 7 aromatic carbocycles. The Hall–Kier alpha value is -7.56. The fraction of sp³-hybridized carbons (Fsp3) is 0.